The van der Waals surface area contributed by atoms with E-state index < -0.39 is 29.9 Å². The average Bonchev–Trinajstić information content (AvgIpc) is 2.98. The topological polar surface area (TPSA) is 137 Å². The van der Waals surface area contributed by atoms with Crippen molar-refractivity contribution < 1.29 is 24.3 Å². The molecule has 1 aliphatic rings. The summed E-state index contributed by atoms with van der Waals surface area (Å²) in [5.41, 5.74) is 1.21. The zero-order valence-electron chi connectivity index (χ0n) is 23.4. The van der Waals surface area contributed by atoms with Gasteiger partial charge in [0, 0.05) is 23.7 Å². The van der Waals surface area contributed by atoms with E-state index in [-0.39, 0.29) is 43.3 Å². The monoisotopic (exact) mass is 678 g/mol. The first kappa shape index (κ1) is 33.4. The maximum Gasteiger partial charge on any atom is 0.326 e. The minimum absolute atomic E-state index is 0.0116. The summed E-state index contributed by atoms with van der Waals surface area (Å²) in [5, 5.41) is 21.0. The number of hydrogen-bond donors (Lipinski definition) is 5. The molecule has 1 fully saturated rings. The first-order chi connectivity index (χ1) is 21.0. The van der Waals surface area contributed by atoms with Crippen LogP contribution in [-0.2, 0) is 11.2 Å². The number of urea groups is 1. The van der Waals surface area contributed by atoms with Crippen LogP contribution in [0.2, 0.25) is 20.1 Å². The molecule has 0 unspecified atom stereocenters. The summed E-state index contributed by atoms with van der Waals surface area (Å²) in [6.45, 7) is 0.492. The molecule has 5 N–H and O–H groups in total. The van der Waals surface area contributed by atoms with Gasteiger partial charge in [-0.15, -0.1) is 0 Å². The molecular weight excluding hydrogens is 650 g/mol. The first-order valence-corrected chi connectivity index (χ1v) is 15.4. The number of anilines is 2. The summed E-state index contributed by atoms with van der Waals surface area (Å²) in [4.78, 5) is 50.6. The molecule has 0 aliphatic heterocycles. The molecule has 1 atom stereocenters. The van der Waals surface area contributed by atoms with Gasteiger partial charge in [0.25, 0.3) is 11.8 Å². The summed E-state index contributed by atoms with van der Waals surface area (Å²) in [7, 11) is 0. The fourth-order valence-electron chi connectivity index (χ4n) is 4.98. The average molecular weight is 680 g/mol. The van der Waals surface area contributed by atoms with Crippen LogP contribution in [0.4, 0.5) is 16.2 Å². The van der Waals surface area contributed by atoms with Crippen LogP contribution in [-0.4, -0.2) is 41.5 Å². The summed E-state index contributed by atoms with van der Waals surface area (Å²) in [6, 6.07) is 11.7. The molecule has 13 heteroatoms. The number of carbonyl (C=O) groups excluding carboxylic acids is 3. The van der Waals surface area contributed by atoms with Gasteiger partial charge in [0.05, 0.1) is 31.9 Å². The van der Waals surface area contributed by atoms with Crippen molar-refractivity contribution in [2.24, 2.45) is 5.92 Å². The van der Waals surface area contributed by atoms with Crippen LogP contribution >= 0.6 is 46.4 Å². The van der Waals surface area contributed by atoms with Crippen LogP contribution in [0.1, 0.15) is 58.4 Å². The van der Waals surface area contributed by atoms with Crippen LogP contribution < -0.4 is 21.3 Å². The fourth-order valence-corrected chi connectivity index (χ4v) is 6.09. The van der Waals surface area contributed by atoms with E-state index in [1.807, 2.05) is 0 Å². The molecule has 0 aromatic heterocycles. The van der Waals surface area contributed by atoms with Crippen LogP contribution in [0, 0.1) is 5.92 Å². The Balaban J connectivity index is 1.39. The molecule has 0 heterocycles. The predicted octanol–water partition coefficient (Wildman–Crippen LogP) is 7.68. The molecule has 0 radical (unpaired) electrons. The highest BCUT2D eigenvalue weighted by Crippen LogP contribution is 2.31. The van der Waals surface area contributed by atoms with Gasteiger partial charge >= 0.3 is 12.0 Å². The van der Waals surface area contributed by atoms with Crippen LogP contribution in [0.5, 0.6) is 0 Å². The zero-order valence-corrected chi connectivity index (χ0v) is 26.4. The van der Waals surface area contributed by atoms with Gasteiger partial charge in [0.1, 0.15) is 6.04 Å². The van der Waals surface area contributed by atoms with Gasteiger partial charge in [-0.1, -0.05) is 83.9 Å². The van der Waals surface area contributed by atoms with Crippen molar-refractivity contribution in [1.82, 2.24) is 10.6 Å². The molecule has 0 spiro atoms. The Morgan fingerprint density at radius 2 is 1.48 bits per heavy atom. The van der Waals surface area contributed by atoms with Crippen LogP contribution in [0.3, 0.4) is 0 Å². The number of halogens is 4. The largest absolute Gasteiger partial charge is 0.480 e. The van der Waals surface area contributed by atoms with Crippen molar-refractivity contribution in [2.75, 3.05) is 17.2 Å². The minimum atomic E-state index is -1.33. The summed E-state index contributed by atoms with van der Waals surface area (Å²) < 4.78 is 0. The molecular formula is C31H30Cl4N4O5. The molecule has 1 aliphatic carbocycles. The molecule has 232 valence electrons. The highest BCUT2D eigenvalue weighted by molar-refractivity contribution is 6.40. The predicted molar refractivity (Wildman–Crippen MR) is 174 cm³/mol. The lowest BCUT2D eigenvalue weighted by Gasteiger charge is -2.22. The van der Waals surface area contributed by atoms with Crippen molar-refractivity contribution >= 4 is 81.6 Å². The van der Waals surface area contributed by atoms with E-state index in [9.17, 15) is 24.3 Å². The van der Waals surface area contributed by atoms with Gasteiger partial charge in [0.15, 0.2) is 0 Å². The Morgan fingerprint density at radius 1 is 0.818 bits per heavy atom. The number of aliphatic carboxylic acids is 1. The smallest absolute Gasteiger partial charge is 0.326 e. The highest BCUT2D eigenvalue weighted by atomic mass is 35.5. The maximum absolute atomic E-state index is 13.0. The first-order valence-electron chi connectivity index (χ1n) is 13.9. The number of carbonyl (C=O) groups is 4. The van der Waals surface area contributed by atoms with E-state index in [4.69, 9.17) is 46.4 Å². The minimum Gasteiger partial charge on any atom is -0.480 e. The summed E-state index contributed by atoms with van der Waals surface area (Å²) in [5.74, 6) is -1.85. The fraction of sp³-hybridized carbons (Fsp3) is 0.290. The molecule has 0 saturated heterocycles. The Morgan fingerprint density at radius 3 is 2.11 bits per heavy atom. The van der Waals surface area contributed by atoms with Crippen molar-refractivity contribution in [2.45, 2.75) is 44.6 Å². The van der Waals surface area contributed by atoms with Gasteiger partial charge in [-0.3, -0.25) is 9.59 Å². The number of amides is 4. The molecule has 0 bridgehead atoms. The van der Waals surface area contributed by atoms with E-state index in [1.165, 1.54) is 18.6 Å². The van der Waals surface area contributed by atoms with Crippen LogP contribution in [0.15, 0.2) is 54.6 Å². The second kappa shape index (κ2) is 15.5. The van der Waals surface area contributed by atoms with Gasteiger partial charge in [0.2, 0.25) is 0 Å². The third-order valence-corrected chi connectivity index (χ3v) is 8.41. The molecule has 1 saturated carbocycles. The third kappa shape index (κ3) is 9.01. The Hall–Kier alpha value is -3.50. The number of nitrogens with one attached hydrogen (secondary N) is 4. The second-order valence-electron chi connectivity index (χ2n) is 10.5. The van der Waals surface area contributed by atoms with Crippen molar-refractivity contribution in [1.29, 1.82) is 0 Å². The second-order valence-corrected chi connectivity index (χ2v) is 12.1. The number of carboxylic acids is 1. The molecule has 4 amide bonds. The molecule has 3 aromatic rings. The SMILES string of the molecule is O=C(Nc1c(Cl)cc(Cl)cc1C(=O)NCC1CCCCC1)N[C@@H](Cc1ccc(NC(=O)c2c(Cl)cccc2Cl)cc1)C(=O)O. The quantitative estimate of drug-likeness (QED) is 0.150. The van der Waals surface area contributed by atoms with Gasteiger partial charge in [-0.2, -0.15) is 0 Å². The van der Waals surface area contributed by atoms with E-state index in [0.717, 1.165) is 25.7 Å². The van der Waals surface area contributed by atoms with E-state index in [1.54, 1.807) is 42.5 Å². The van der Waals surface area contributed by atoms with Crippen molar-refractivity contribution in [3.05, 3.63) is 91.4 Å². The van der Waals surface area contributed by atoms with E-state index >= 15 is 0 Å². The van der Waals surface area contributed by atoms with Gasteiger partial charge in [-0.05, 0) is 60.7 Å². The number of rotatable bonds is 10. The van der Waals surface area contributed by atoms with Gasteiger partial charge < -0.3 is 26.4 Å². The Kier molecular flexibility index (Phi) is 11.7. The van der Waals surface area contributed by atoms with E-state index in [2.05, 4.69) is 21.3 Å². The molecule has 4 rings (SSSR count). The normalized spacial score (nSPS) is 13.9. The Labute approximate surface area is 274 Å². The summed E-state index contributed by atoms with van der Waals surface area (Å²) >= 11 is 24.7. The number of hydrogen-bond acceptors (Lipinski definition) is 4. The van der Waals surface area contributed by atoms with Crippen molar-refractivity contribution in [3.63, 3.8) is 0 Å². The lowest BCUT2D eigenvalue weighted by molar-refractivity contribution is -0.139. The Bertz CT molecular complexity index is 1520. The van der Waals surface area contributed by atoms with E-state index in [0.29, 0.717) is 23.7 Å². The number of benzene rings is 3. The van der Waals surface area contributed by atoms with Crippen molar-refractivity contribution in [3.8, 4) is 0 Å². The highest BCUT2D eigenvalue weighted by Gasteiger charge is 2.24. The number of carboxylic acid groups (broad SMARTS) is 1. The van der Waals surface area contributed by atoms with Gasteiger partial charge in [-0.25, -0.2) is 9.59 Å². The van der Waals surface area contributed by atoms with Crippen LogP contribution in [0.25, 0.3) is 0 Å². The third-order valence-electron chi connectivity index (χ3n) is 7.26. The maximum atomic E-state index is 13.0. The molecule has 9 nitrogen and oxygen atoms in total. The lowest BCUT2D eigenvalue weighted by Crippen LogP contribution is -2.44. The lowest BCUT2D eigenvalue weighted by atomic mass is 9.89. The summed E-state index contributed by atoms with van der Waals surface area (Å²) in [6.07, 6.45) is 5.45. The standard InChI is InChI=1S/C31H30Cl4N4O5/c32-19-14-21(28(40)36-16-18-5-2-1-3-6-18)27(24(35)15-19)39-31(44)38-25(30(42)43)13-17-9-11-20(12-10-17)37-29(41)26-22(33)7-4-8-23(26)34/h4,7-12,14-15,18,25H,1-3,5-6,13,16H2,(H,36,40)(H,37,41)(H,42,43)(H2,38,39,44)/t25-/m0/s1. The zero-order chi connectivity index (χ0) is 31.8. The molecule has 44 heavy (non-hydrogen) atoms. The molecule has 3 aromatic carbocycles.